The maximum Gasteiger partial charge on any atom is 0.240 e. The van der Waals surface area contributed by atoms with E-state index in [9.17, 15) is 16.8 Å². The summed E-state index contributed by atoms with van der Waals surface area (Å²) in [6.07, 6.45) is 1.61. The lowest BCUT2D eigenvalue weighted by Crippen LogP contribution is -2.38. The van der Waals surface area contributed by atoms with Gasteiger partial charge in [-0.3, -0.25) is 0 Å². The largest absolute Gasteiger partial charge is 0.240 e. The van der Waals surface area contributed by atoms with Gasteiger partial charge in [0.1, 0.15) is 0 Å². The normalized spacial score (nSPS) is 21.2. The number of nitrogens with one attached hydrogen (secondary N) is 1. The first kappa shape index (κ1) is 15.4. The summed E-state index contributed by atoms with van der Waals surface area (Å²) in [5.41, 5.74) is 0.980. The summed E-state index contributed by atoms with van der Waals surface area (Å²) in [6.45, 7) is 2.41. The molecule has 0 saturated carbocycles. The molecule has 0 radical (unpaired) electrons. The Morgan fingerprint density at radius 3 is 2.25 bits per heavy atom. The molecular weight excluding hydrogens is 300 g/mol. The number of nitrogens with zero attached hydrogens (tertiary/aromatic N) is 1. The molecule has 2 rings (SSSR count). The first-order valence-electron chi connectivity index (χ1n) is 6.22. The Morgan fingerprint density at radius 1 is 1.15 bits per heavy atom. The van der Waals surface area contributed by atoms with Crippen LogP contribution in [0.2, 0.25) is 0 Å². The van der Waals surface area contributed by atoms with Crippen LogP contribution in [0.5, 0.6) is 0 Å². The fourth-order valence-corrected chi connectivity index (χ4v) is 4.28. The molecule has 0 spiro atoms. The Balaban J connectivity index is 2.09. The van der Waals surface area contributed by atoms with Crippen molar-refractivity contribution in [2.45, 2.75) is 24.3 Å². The third-order valence-corrected chi connectivity index (χ3v) is 6.08. The van der Waals surface area contributed by atoms with Crippen LogP contribution < -0.4 is 4.72 Å². The molecule has 8 heteroatoms. The van der Waals surface area contributed by atoms with E-state index in [-0.39, 0.29) is 17.5 Å². The van der Waals surface area contributed by atoms with Crippen LogP contribution in [0, 0.1) is 6.92 Å². The third kappa shape index (κ3) is 3.57. The summed E-state index contributed by atoms with van der Waals surface area (Å²) in [6, 6.07) is 6.16. The number of benzene rings is 1. The predicted molar refractivity (Wildman–Crippen MR) is 76.3 cm³/mol. The van der Waals surface area contributed by atoms with Crippen molar-refractivity contribution in [2.24, 2.45) is 0 Å². The summed E-state index contributed by atoms with van der Waals surface area (Å²) < 4.78 is 51.0. The lowest BCUT2D eigenvalue weighted by molar-refractivity contribution is 0.472. The second-order valence-electron chi connectivity index (χ2n) is 5.04. The maximum absolute atomic E-state index is 12.2. The lowest BCUT2D eigenvalue weighted by Gasteiger charge is -2.15. The van der Waals surface area contributed by atoms with Crippen LogP contribution in [0.3, 0.4) is 0 Å². The molecule has 0 aliphatic carbocycles. The van der Waals surface area contributed by atoms with Crippen molar-refractivity contribution in [3.05, 3.63) is 29.8 Å². The fourth-order valence-electron chi connectivity index (χ4n) is 2.13. The highest BCUT2D eigenvalue weighted by Crippen LogP contribution is 2.16. The van der Waals surface area contributed by atoms with Crippen molar-refractivity contribution >= 4 is 20.0 Å². The van der Waals surface area contributed by atoms with Gasteiger partial charge in [-0.25, -0.2) is 25.9 Å². The van der Waals surface area contributed by atoms with E-state index in [1.165, 1.54) is 4.31 Å². The van der Waals surface area contributed by atoms with Gasteiger partial charge in [-0.2, -0.15) is 0 Å². The minimum Gasteiger partial charge on any atom is -0.213 e. The van der Waals surface area contributed by atoms with Gasteiger partial charge in [0.15, 0.2) is 0 Å². The molecule has 1 atom stereocenters. The number of sulfonamides is 2. The standard InChI is InChI=1S/C12H18N2O4S2/c1-10-3-5-12(6-4-10)20(17,18)13-11-7-8-14(9-11)19(2,15)16/h3-6,11,13H,7-9H2,1-2H3. The van der Waals surface area contributed by atoms with Crippen molar-refractivity contribution in [2.75, 3.05) is 19.3 Å². The quantitative estimate of drug-likeness (QED) is 0.866. The second-order valence-corrected chi connectivity index (χ2v) is 8.74. The zero-order chi connectivity index (χ0) is 15.0. The molecule has 6 nitrogen and oxygen atoms in total. The molecule has 1 aliphatic heterocycles. The summed E-state index contributed by atoms with van der Waals surface area (Å²) in [7, 11) is -6.86. The molecule has 0 aromatic heterocycles. The van der Waals surface area contributed by atoms with Crippen molar-refractivity contribution in [3.8, 4) is 0 Å². The van der Waals surface area contributed by atoms with Crippen LogP contribution >= 0.6 is 0 Å². The van der Waals surface area contributed by atoms with E-state index >= 15 is 0 Å². The number of hydrogen-bond donors (Lipinski definition) is 1. The highest BCUT2D eigenvalue weighted by molar-refractivity contribution is 7.89. The van der Waals surface area contributed by atoms with Gasteiger partial charge in [0.2, 0.25) is 20.0 Å². The smallest absolute Gasteiger partial charge is 0.213 e. The van der Waals surface area contributed by atoms with Gasteiger partial charge >= 0.3 is 0 Å². The molecule has 1 aromatic rings. The Morgan fingerprint density at radius 2 is 1.75 bits per heavy atom. The fraction of sp³-hybridized carbons (Fsp3) is 0.500. The third-order valence-electron chi connectivity index (χ3n) is 3.27. The van der Waals surface area contributed by atoms with Gasteiger partial charge in [-0.1, -0.05) is 17.7 Å². The first-order chi connectivity index (χ1) is 9.18. The molecule has 0 bridgehead atoms. The molecule has 1 N–H and O–H groups in total. The van der Waals surface area contributed by atoms with Crippen LogP contribution in [0.15, 0.2) is 29.2 Å². The van der Waals surface area contributed by atoms with Gasteiger partial charge in [0.25, 0.3) is 0 Å². The molecule has 0 amide bonds. The van der Waals surface area contributed by atoms with Crippen LogP contribution in [-0.4, -0.2) is 46.5 Å². The van der Waals surface area contributed by atoms with Gasteiger partial charge in [0.05, 0.1) is 11.2 Å². The summed E-state index contributed by atoms with van der Waals surface area (Å²) in [4.78, 5) is 0.195. The minimum absolute atomic E-state index is 0.184. The monoisotopic (exact) mass is 318 g/mol. The van der Waals surface area contributed by atoms with Crippen molar-refractivity contribution in [1.29, 1.82) is 0 Å². The molecule has 1 unspecified atom stereocenters. The topological polar surface area (TPSA) is 83.6 Å². The van der Waals surface area contributed by atoms with Gasteiger partial charge in [-0.05, 0) is 25.5 Å². The van der Waals surface area contributed by atoms with Crippen LogP contribution in [-0.2, 0) is 20.0 Å². The van der Waals surface area contributed by atoms with E-state index in [4.69, 9.17) is 0 Å². The van der Waals surface area contributed by atoms with Gasteiger partial charge in [0, 0.05) is 19.1 Å². The second kappa shape index (κ2) is 5.44. The van der Waals surface area contributed by atoms with Crippen LogP contribution in [0.4, 0.5) is 0 Å². The minimum atomic E-state index is -3.60. The average molecular weight is 318 g/mol. The van der Waals surface area contributed by atoms with Crippen molar-refractivity contribution in [3.63, 3.8) is 0 Å². The van der Waals surface area contributed by atoms with E-state index < -0.39 is 20.0 Å². The van der Waals surface area contributed by atoms with E-state index in [0.717, 1.165) is 11.8 Å². The van der Waals surface area contributed by atoms with E-state index in [2.05, 4.69) is 4.72 Å². The summed E-state index contributed by atoms with van der Waals surface area (Å²) in [5.74, 6) is 0. The summed E-state index contributed by atoms with van der Waals surface area (Å²) >= 11 is 0. The zero-order valence-corrected chi connectivity index (χ0v) is 13.0. The molecule has 1 fully saturated rings. The van der Waals surface area contributed by atoms with Crippen molar-refractivity contribution in [1.82, 2.24) is 9.03 Å². The highest BCUT2D eigenvalue weighted by Gasteiger charge is 2.31. The highest BCUT2D eigenvalue weighted by atomic mass is 32.2. The molecular formula is C12H18N2O4S2. The Hall–Kier alpha value is -0.960. The van der Waals surface area contributed by atoms with E-state index in [0.29, 0.717) is 13.0 Å². The predicted octanol–water partition coefficient (Wildman–Crippen LogP) is 0.307. The first-order valence-corrected chi connectivity index (χ1v) is 9.56. The molecule has 1 aromatic carbocycles. The van der Waals surface area contributed by atoms with E-state index in [1.807, 2.05) is 6.92 Å². The Bertz CT molecular complexity index is 681. The van der Waals surface area contributed by atoms with Crippen LogP contribution in [0.25, 0.3) is 0 Å². The molecule has 1 saturated heterocycles. The SMILES string of the molecule is Cc1ccc(S(=O)(=O)NC2CCN(S(C)(=O)=O)C2)cc1. The van der Waals surface area contributed by atoms with Crippen LogP contribution in [0.1, 0.15) is 12.0 Å². The molecule has 20 heavy (non-hydrogen) atoms. The number of aryl methyl sites for hydroxylation is 1. The van der Waals surface area contributed by atoms with Gasteiger partial charge in [-0.15, -0.1) is 0 Å². The number of hydrogen-bond acceptors (Lipinski definition) is 4. The average Bonchev–Trinajstić information content (AvgIpc) is 2.77. The molecule has 112 valence electrons. The Labute approximate surface area is 119 Å². The lowest BCUT2D eigenvalue weighted by atomic mass is 10.2. The van der Waals surface area contributed by atoms with Gasteiger partial charge < -0.3 is 0 Å². The number of rotatable bonds is 4. The van der Waals surface area contributed by atoms with E-state index in [1.54, 1.807) is 24.3 Å². The maximum atomic E-state index is 12.2. The van der Waals surface area contributed by atoms with Crippen molar-refractivity contribution < 1.29 is 16.8 Å². The Kier molecular flexibility index (Phi) is 4.19. The zero-order valence-electron chi connectivity index (χ0n) is 11.4. The summed E-state index contributed by atoms with van der Waals surface area (Å²) in [5, 5.41) is 0. The molecule has 1 heterocycles. The molecule has 1 aliphatic rings.